The molecule has 0 aliphatic carbocycles. The van der Waals surface area contributed by atoms with E-state index in [1.807, 2.05) is 18.2 Å². The first kappa shape index (κ1) is 19.5. The topological polar surface area (TPSA) is 67.4 Å². The Morgan fingerprint density at radius 1 is 0.857 bits per heavy atom. The van der Waals surface area contributed by atoms with E-state index in [2.05, 4.69) is 10.6 Å². The van der Waals surface area contributed by atoms with Gasteiger partial charge in [-0.1, -0.05) is 48.0 Å². The average Bonchev–Trinajstić information content (AvgIpc) is 2.69. The summed E-state index contributed by atoms with van der Waals surface area (Å²) < 4.78 is 5.76. The largest absolute Gasteiger partial charge is 0.480 e. The fourth-order valence-electron chi connectivity index (χ4n) is 2.53. The summed E-state index contributed by atoms with van der Waals surface area (Å²) in [6.45, 7) is 1.62. The van der Waals surface area contributed by atoms with Crippen molar-refractivity contribution in [3.8, 4) is 5.75 Å². The van der Waals surface area contributed by atoms with Gasteiger partial charge in [0, 0.05) is 16.4 Å². The predicted octanol–water partition coefficient (Wildman–Crippen LogP) is 5.00. The highest BCUT2D eigenvalue weighted by molar-refractivity contribution is 6.30. The lowest BCUT2D eigenvalue weighted by Crippen LogP contribution is -2.30. The van der Waals surface area contributed by atoms with Crippen molar-refractivity contribution in [1.82, 2.24) is 0 Å². The molecule has 3 rings (SSSR count). The molecule has 2 N–H and O–H groups in total. The molecule has 3 aromatic carbocycles. The molecule has 142 valence electrons. The molecule has 0 saturated carbocycles. The highest BCUT2D eigenvalue weighted by Crippen LogP contribution is 2.22. The molecule has 0 bridgehead atoms. The summed E-state index contributed by atoms with van der Waals surface area (Å²) in [6.07, 6.45) is -0.815. The number of rotatable bonds is 6. The van der Waals surface area contributed by atoms with Gasteiger partial charge in [0.2, 0.25) is 0 Å². The zero-order valence-electron chi connectivity index (χ0n) is 15.2. The van der Waals surface area contributed by atoms with Gasteiger partial charge >= 0.3 is 0 Å². The molecule has 0 unspecified atom stereocenters. The lowest BCUT2D eigenvalue weighted by Gasteiger charge is -2.17. The summed E-state index contributed by atoms with van der Waals surface area (Å²) >= 11 is 5.93. The number of carbonyl (C=O) groups is 2. The van der Waals surface area contributed by atoms with Crippen LogP contribution in [0.1, 0.15) is 17.3 Å². The van der Waals surface area contributed by atoms with Crippen LogP contribution in [0.25, 0.3) is 0 Å². The van der Waals surface area contributed by atoms with Crippen LogP contribution in [0.3, 0.4) is 0 Å². The van der Waals surface area contributed by atoms with Crippen LogP contribution in [0, 0.1) is 0 Å². The molecule has 0 aliphatic rings. The number of hydrogen-bond donors (Lipinski definition) is 2. The van der Waals surface area contributed by atoms with E-state index in [1.54, 1.807) is 67.6 Å². The number of hydrogen-bond acceptors (Lipinski definition) is 3. The highest BCUT2D eigenvalue weighted by atomic mass is 35.5. The van der Waals surface area contributed by atoms with E-state index in [0.29, 0.717) is 27.7 Å². The molecule has 0 radical (unpaired) electrons. The molecule has 3 aromatic rings. The van der Waals surface area contributed by atoms with Crippen molar-refractivity contribution in [2.24, 2.45) is 0 Å². The molecule has 0 aromatic heterocycles. The average molecular weight is 395 g/mol. The first-order valence-corrected chi connectivity index (χ1v) is 9.09. The number of nitrogens with one attached hydrogen (secondary N) is 2. The molecule has 1 atom stereocenters. The lowest BCUT2D eigenvalue weighted by atomic mass is 10.1. The summed E-state index contributed by atoms with van der Waals surface area (Å²) in [6, 6.07) is 22.8. The Hall–Kier alpha value is -3.31. The Balaban J connectivity index is 1.70. The predicted molar refractivity (Wildman–Crippen MR) is 111 cm³/mol. The first-order valence-electron chi connectivity index (χ1n) is 8.71. The molecule has 0 aliphatic heterocycles. The van der Waals surface area contributed by atoms with Crippen LogP contribution >= 0.6 is 11.6 Å². The van der Waals surface area contributed by atoms with Crippen LogP contribution in [0.15, 0.2) is 78.9 Å². The minimum Gasteiger partial charge on any atom is -0.480 e. The second kappa shape index (κ2) is 9.06. The molecule has 5 nitrogen and oxygen atoms in total. The van der Waals surface area contributed by atoms with E-state index in [9.17, 15) is 9.59 Å². The van der Waals surface area contributed by atoms with Crippen molar-refractivity contribution in [2.75, 3.05) is 10.6 Å². The van der Waals surface area contributed by atoms with Crippen molar-refractivity contribution in [1.29, 1.82) is 0 Å². The third kappa shape index (κ3) is 5.11. The fourth-order valence-corrected chi connectivity index (χ4v) is 2.72. The standard InChI is InChI=1S/C22H19ClN2O3/c1-15(21(26)25-18-11-7-8-16(23)14-18)28-20-13-6-5-12-19(20)22(27)24-17-9-3-2-4-10-17/h2-15H,1H3,(H,24,27)(H,25,26)/t15-/m0/s1. The summed E-state index contributed by atoms with van der Waals surface area (Å²) in [5.74, 6) is -0.338. The molecule has 0 spiro atoms. The van der Waals surface area contributed by atoms with E-state index in [1.165, 1.54) is 0 Å². The van der Waals surface area contributed by atoms with Gasteiger partial charge in [0.1, 0.15) is 5.75 Å². The van der Waals surface area contributed by atoms with Gasteiger partial charge in [-0.2, -0.15) is 0 Å². The summed E-state index contributed by atoms with van der Waals surface area (Å²) in [5.41, 5.74) is 1.59. The van der Waals surface area contributed by atoms with Crippen LogP contribution in [-0.2, 0) is 4.79 Å². The fraction of sp³-hybridized carbons (Fsp3) is 0.0909. The number of benzene rings is 3. The smallest absolute Gasteiger partial charge is 0.265 e. The Labute approximate surface area is 168 Å². The van der Waals surface area contributed by atoms with Crippen LogP contribution in [0.4, 0.5) is 11.4 Å². The monoisotopic (exact) mass is 394 g/mol. The maximum atomic E-state index is 12.6. The quantitative estimate of drug-likeness (QED) is 0.618. The van der Waals surface area contributed by atoms with Gasteiger partial charge in [-0.25, -0.2) is 0 Å². The summed E-state index contributed by atoms with van der Waals surface area (Å²) in [7, 11) is 0. The Morgan fingerprint density at radius 3 is 2.29 bits per heavy atom. The van der Waals surface area contributed by atoms with E-state index in [4.69, 9.17) is 16.3 Å². The van der Waals surface area contributed by atoms with Gasteiger partial charge < -0.3 is 15.4 Å². The minimum absolute atomic E-state index is 0.316. The van der Waals surface area contributed by atoms with Crippen molar-refractivity contribution in [2.45, 2.75) is 13.0 Å². The Morgan fingerprint density at radius 2 is 1.54 bits per heavy atom. The van der Waals surface area contributed by atoms with Crippen LogP contribution < -0.4 is 15.4 Å². The second-order valence-corrected chi connectivity index (χ2v) is 6.51. The van der Waals surface area contributed by atoms with Crippen molar-refractivity contribution in [3.05, 3.63) is 89.4 Å². The Kier molecular flexibility index (Phi) is 6.29. The molecule has 2 amide bonds. The zero-order chi connectivity index (χ0) is 19.9. The highest BCUT2D eigenvalue weighted by Gasteiger charge is 2.19. The lowest BCUT2D eigenvalue weighted by molar-refractivity contribution is -0.122. The first-order chi connectivity index (χ1) is 13.5. The number of anilines is 2. The molecule has 6 heteroatoms. The SMILES string of the molecule is C[C@H](Oc1ccccc1C(=O)Nc1ccccc1)C(=O)Nc1cccc(Cl)c1. The third-order valence-electron chi connectivity index (χ3n) is 3.93. The van der Waals surface area contributed by atoms with E-state index in [0.717, 1.165) is 0 Å². The Bertz CT molecular complexity index is 976. The van der Waals surface area contributed by atoms with Gasteiger partial charge in [0.15, 0.2) is 6.10 Å². The molecular weight excluding hydrogens is 376 g/mol. The number of para-hydroxylation sites is 2. The molecule has 0 saturated heterocycles. The van der Waals surface area contributed by atoms with Gasteiger partial charge in [-0.05, 0) is 49.4 Å². The number of ether oxygens (including phenoxy) is 1. The normalized spacial score (nSPS) is 11.4. The third-order valence-corrected chi connectivity index (χ3v) is 4.16. The molecule has 28 heavy (non-hydrogen) atoms. The maximum Gasteiger partial charge on any atom is 0.265 e. The van der Waals surface area contributed by atoms with Crippen molar-refractivity contribution >= 4 is 34.8 Å². The maximum absolute atomic E-state index is 12.6. The summed E-state index contributed by atoms with van der Waals surface area (Å²) in [4.78, 5) is 25.0. The number of amides is 2. The van der Waals surface area contributed by atoms with Crippen LogP contribution in [-0.4, -0.2) is 17.9 Å². The molecular formula is C22H19ClN2O3. The number of halogens is 1. The van der Waals surface area contributed by atoms with Crippen LogP contribution in [0.5, 0.6) is 5.75 Å². The van der Waals surface area contributed by atoms with Gasteiger partial charge in [0.25, 0.3) is 11.8 Å². The molecule has 0 heterocycles. The summed E-state index contributed by atoms with van der Waals surface area (Å²) in [5, 5.41) is 6.08. The van der Waals surface area contributed by atoms with E-state index in [-0.39, 0.29) is 11.8 Å². The van der Waals surface area contributed by atoms with Crippen molar-refractivity contribution < 1.29 is 14.3 Å². The minimum atomic E-state index is -0.815. The van der Waals surface area contributed by atoms with Gasteiger partial charge in [-0.3, -0.25) is 9.59 Å². The van der Waals surface area contributed by atoms with Crippen molar-refractivity contribution in [3.63, 3.8) is 0 Å². The zero-order valence-corrected chi connectivity index (χ0v) is 15.9. The van der Waals surface area contributed by atoms with E-state index >= 15 is 0 Å². The second-order valence-electron chi connectivity index (χ2n) is 6.08. The van der Waals surface area contributed by atoms with Gasteiger partial charge in [-0.15, -0.1) is 0 Å². The molecule has 0 fully saturated rings. The van der Waals surface area contributed by atoms with Crippen LogP contribution in [0.2, 0.25) is 5.02 Å². The number of carbonyl (C=O) groups excluding carboxylic acids is 2. The van der Waals surface area contributed by atoms with E-state index < -0.39 is 6.10 Å². The van der Waals surface area contributed by atoms with Gasteiger partial charge in [0.05, 0.1) is 5.56 Å².